The average Bonchev–Trinajstić information content (AvgIpc) is 2.29. The molecule has 0 fully saturated rings. The monoisotopic (exact) mass is 278 g/mol. The Morgan fingerprint density at radius 2 is 1.05 bits per heavy atom. The first kappa shape index (κ1) is 16.1. The predicted octanol–water partition coefficient (Wildman–Crippen LogP) is 4.47. The van der Waals surface area contributed by atoms with Crippen LogP contribution in [0.1, 0.15) is 41.5 Å². The van der Waals surface area contributed by atoms with Gasteiger partial charge in [0.25, 0.3) is 0 Å². The van der Waals surface area contributed by atoms with E-state index in [4.69, 9.17) is 0 Å². The van der Waals surface area contributed by atoms with Gasteiger partial charge in [-0.2, -0.15) is 0 Å². The first-order chi connectivity index (χ1) is 9.01. The van der Waals surface area contributed by atoms with Crippen LogP contribution in [0, 0.1) is 10.4 Å². The van der Waals surface area contributed by atoms with E-state index >= 15 is 0 Å². The maximum absolute atomic E-state index is 11.9. The highest BCUT2D eigenvalue weighted by Gasteiger charge is 2.23. The van der Waals surface area contributed by atoms with E-state index in [0.29, 0.717) is 21.1 Å². The summed E-state index contributed by atoms with van der Waals surface area (Å²) in [5.74, 6) is 0. The first-order valence-electron chi connectivity index (χ1n) is 6.49. The second kappa shape index (κ2) is 5.56. The number of hydrogen-bond acceptors (Lipinski definition) is 4. The highest BCUT2D eigenvalue weighted by Crippen LogP contribution is 2.29. The minimum atomic E-state index is -0.645. The molecule has 0 spiro atoms. The zero-order valence-electron chi connectivity index (χ0n) is 12.9. The normalized spacial score (nSPS) is 14.5. The van der Waals surface area contributed by atoms with Crippen molar-refractivity contribution in [3.8, 4) is 0 Å². The third-order valence-corrected chi connectivity index (χ3v) is 2.43. The molecule has 0 saturated heterocycles. The zero-order chi connectivity index (χ0) is 15.6. The Hall–Kier alpha value is -1.98. The molecule has 0 unspecified atom stereocenters. The van der Waals surface area contributed by atoms with Gasteiger partial charge in [-0.3, -0.25) is 0 Å². The van der Waals surface area contributed by atoms with E-state index in [9.17, 15) is 10.4 Å². The zero-order valence-corrected chi connectivity index (χ0v) is 12.9. The van der Waals surface area contributed by atoms with Gasteiger partial charge in [0.15, 0.2) is 22.5 Å². The van der Waals surface area contributed by atoms with Crippen LogP contribution in [0.3, 0.4) is 0 Å². The van der Waals surface area contributed by atoms with Crippen LogP contribution in [0.25, 0.3) is 0 Å². The Morgan fingerprint density at radius 1 is 0.750 bits per heavy atom. The predicted molar refractivity (Wildman–Crippen MR) is 77.4 cm³/mol. The Bertz CT molecular complexity index is 488. The van der Waals surface area contributed by atoms with E-state index in [1.165, 1.54) is 0 Å². The second-order valence-electron chi connectivity index (χ2n) is 6.58. The highest BCUT2D eigenvalue weighted by atomic mass is 16.5. The van der Waals surface area contributed by atoms with Crippen LogP contribution in [0.15, 0.2) is 34.5 Å². The lowest BCUT2D eigenvalue weighted by Crippen LogP contribution is -2.27. The molecule has 1 aromatic rings. The van der Waals surface area contributed by atoms with Crippen LogP contribution in [-0.2, 0) is 0 Å². The lowest BCUT2D eigenvalue weighted by Gasteiger charge is -2.16. The minimum absolute atomic E-state index is 0.377. The SMILES string of the molecule is CC(C)(C)[N+]([O-])=Nc1ccccc1N=[N+]([O-])C(C)(C)C. The van der Waals surface area contributed by atoms with Crippen LogP contribution in [0.2, 0.25) is 0 Å². The molecular formula is C14H22N4O2. The van der Waals surface area contributed by atoms with Crippen LogP contribution in [0.5, 0.6) is 0 Å². The summed E-state index contributed by atoms with van der Waals surface area (Å²) in [7, 11) is 0. The lowest BCUT2D eigenvalue weighted by molar-refractivity contribution is -0.597. The number of azo groups is 2. The highest BCUT2D eigenvalue weighted by molar-refractivity contribution is 5.59. The number of rotatable bonds is 2. The molecule has 6 heteroatoms. The smallest absolute Gasteiger partial charge is 0.191 e. The standard InChI is InChI=1S/C14H22N4O2/c1-13(2,3)17(19)15-11-9-7-8-10-12(11)16-18(20)14(4,5)6/h7-10H,1-6H3. The molecule has 0 aliphatic heterocycles. The van der Waals surface area contributed by atoms with Gasteiger partial charge < -0.3 is 10.4 Å². The quantitative estimate of drug-likeness (QED) is 0.454. The molecule has 0 amide bonds. The lowest BCUT2D eigenvalue weighted by atomic mass is 10.1. The van der Waals surface area contributed by atoms with Crippen molar-refractivity contribution in [3.63, 3.8) is 0 Å². The number of benzene rings is 1. The van der Waals surface area contributed by atoms with Gasteiger partial charge in [-0.05, 0) is 12.1 Å². The van der Waals surface area contributed by atoms with Crippen LogP contribution in [0.4, 0.5) is 11.4 Å². The van der Waals surface area contributed by atoms with Crippen molar-refractivity contribution < 1.29 is 9.72 Å². The van der Waals surface area contributed by atoms with Crippen LogP contribution in [-0.4, -0.2) is 20.8 Å². The van der Waals surface area contributed by atoms with Gasteiger partial charge in [0.1, 0.15) is 0 Å². The summed E-state index contributed by atoms with van der Waals surface area (Å²) in [6.45, 7) is 10.6. The topological polar surface area (TPSA) is 76.9 Å². The summed E-state index contributed by atoms with van der Waals surface area (Å²) in [6.07, 6.45) is 0. The summed E-state index contributed by atoms with van der Waals surface area (Å²) in [5, 5.41) is 31.7. The maximum Gasteiger partial charge on any atom is 0.191 e. The molecule has 0 saturated carbocycles. The van der Waals surface area contributed by atoms with Crippen molar-refractivity contribution in [1.29, 1.82) is 0 Å². The average molecular weight is 278 g/mol. The fourth-order valence-corrected chi connectivity index (χ4v) is 1.13. The first-order valence-corrected chi connectivity index (χ1v) is 6.49. The van der Waals surface area contributed by atoms with Crippen molar-refractivity contribution in [3.05, 3.63) is 34.7 Å². The van der Waals surface area contributed by atoms with Gasteiger partial charge >= 0.3 is 0 Å². The largest absolute Gasteiger partial charge is 0.599 e. The second-order valence-corrected chi connectivity index (χ2v) is 6.58. The van der Waals surface area contributed by atoms with E-state index in [1.807, 2.05) is 0 Å². The summed E-state index contributed by atoms with van der Waals surface area (Å²) < 4.78 is 0. The molecule has 1 rings (SSSR count). The summed E-state index contributed by atoms with van der Waals surface area (Å²) in [5.41, 5.74) is -0.534. The summed E-state index contributed by atoms with van der Waals surface area (Å²) >= 11 is 0. The van der Waals surface area contributed by atoms with Crippen LogP contribution < -0.4 is 0 Å². The fraction of sp³-hybridized carbons (Fsp3) is 0.571. The Morgan fingerprint density at radius 3 is 1.30 bits per heavy atom. The summed E-state index contributed by atoms with van der Waals surface area (Å²) in [4.78, 5) is 1.24. The molecular weight excluding hydrogens is 256 g/mol. The van der Waals surface area contributed by atoms with Crippen molar-refractivity contribution in [2.45, 2.75) is 52.6 Å². The molecule has 0 radical (unpaired) electrons. The fourth-order valence-electron chi connectivity index (χ4n) is 1.13. The Balaban J connectivity index is 3.26. The Kier molecular flexibility index (Phi) is 4.47. The van der Waals surface area contributed by atoms with Crippen molar-refractivity contribution >= 4 is 11.4 Å². The third-order valence-electron chi connectivity index (χ3n) is 2.43. The van der Waals surface area contributed by atoms with Gasteiger partial charge in [-0.1, -0.05) is 21.9 Å². The summed E-state index contributed by atoms with van der Waals surface area (Å²) in [6, 6.07) is 6.82. The molecule has 0 heterocycles. The Labute approximate surface area is 119 Å². The van der Waals surface area contributed by atoms with E-state index in [0.717, 1.165) is 0 Å². The number of hydroxylamine groups is 2. The van der Waals surface area contributed by atoms with Gasteiger partial charge in [-0.15, -0.1) is 0 Å². The van der Waals surface area contributed by atoms with Gasteiger partial charge in [0.2, 0.25) is 0 Å². The van der Waals surface area contributed by atoms with E-state index in [-0.39, 0.29) is 0 Å². The molecule has 0 aliphatic carbocycles. The molecule has 0 N–H and O–H groups in total. The van der Waals surface area contributed by atoms with Crippen LogP contribution >= 0.6 is 0 Å². The van der Waals surface area contributed by atoms with E-state index < -0.39 is 11.1 Å². The van der Waals surface area contributed by atoms with Crippen molar-refractivity contribution in [1.82, 2.24) is 0 Å². The minimum Gasteiger partial charge on any atom is -0.599 e. The van der Waals surface area contributed by atoms with Gasteiger partial charge in [-0.25, -0.2) is 0 Å². The molecule has 0 atom stereocenters. The number of hydrogen-bond donors (Lipinski definition) is 0. The van der Waals surface area contributed by atoms with Gasteiger partial charge in [0.05, 0.1) is 0 Å². The molecule has 0 bridgehead atoms. The van der Waals surface area contributed by atoms with Crippen molar-refractivity contribution in [2.75, 3.05) is 0 Å². The molecule has 110 valence electrons. The van der Waals surface area contributed by atoms with Gasteiger partial charge in [0, 0.05) is 51.8 Å². The molecule has 1 aromatic carbocycles. The van der Waals surface area contributed by atoms with E-state index in [2.05, 4.69) is 10.2 Å². The third kappa shape index (κ3) is 4.29. The maximum atomic E-state index is 11.9. The van der Waals surface area contributed by atoms with Crippen molar-refractivity contribution in [2.24, 2.45) is 10.2 Å². The molecule has 0 aliphatic rings. The number of nitrogens with zero attached hydrogens (tertiary/aromatic N) is 4. The van der Waals surface area contributed by atoms with E-state index in [1.54, 1.807) is 65.8 Å². The molecule has 6 nitrogen and oxygen atoms in total. The molecule has 0 aromatic heterocycles. The molecule has 20 heavy (non-hydrogen) atoms.